The third kappa shape index (κ3) is 2.05. The fraction of sp³-hybridized carbons (Fsp3) is 0.538. The largest absolute Gasteiger partial charge is 0.478 e. The fourth-order valence-corrected chi connectivity index (χ4v) is 2.63. The van der Waals surface area contributed by atoms with Crippen LogP contribution in [0.2, 0.25) is 0 Å². The zero-order valence-electron chi connectivity index (χ0n) is 10.6. The van der Waals surface area contributed by atoms with Crippen LogP contribution in [-0.4, -0.2) is 28.1 Å². The molecular formula is C13H17FN2O2. The van der Waals surface area contributed by atoms with Crippen LogP contribution in [-0.2, 0) is 0 Å². The molecule has 98 valence electrons. The smallest absolute Gasteiger partial charge is 0.338 e. The normalized spacial score (nSPS) is 23.4. The Morgan fingerprint density at radius 3 is 2.94 bits per heavy atom. The minimum atomic E-state index is -1.25. The van der Waals surface area contributed by atoms with Gasteiger partial charge in [0.05, 0.1) is 0 Å². The van der Waals surface area contributed by atoms with Crippen molar-refractivity contribution in [2.75, 3.05) is 4.90 Å². The van der Waals surface area contributed by atoms with Crippen LogP contribution in [0.4, 0.5) is 10.2 Å². The molecule has 0 spiro atoms. The molecule has 0 bridgehead atoms. The van der Waals surface area contributed by atoms with Gasteiger partial charge in [-0.2, -0.15) is 0 Å². The highest BCUT2D eigenvalue weighted by atomic mass is 19.1. The minimum Gasteiger partial charge on any atom is -0.478 e. The Morgan fingerprint density at radius 1 is 1.61 bits per heavy atom. The monoisotopic (exact) mass is 252 g/mol. The summed E-state index contributed by atoms with van der Waals surface area (Å²) in [7, 11) is 0. The summed E-state index contributed by atoms with van der Waals surface area (Å²) in [5, 5.41) is 8.94. The molecule has 2 unspecified atom stereocenters. The highest BCUT2D eigenvalue weighted by Gasteiger charge is 2.33. The van der Waals surface area contributed by atoms with Crippen molar-refractivity contribution in [2.45, 2.75) is 45.2 Å². The Labute approximate surface area is 105 Å². The number of pyridine rings is 1. The summed E-state index contributed by atoms with van der Waals surface area (Å²) in [5.74, 6) is -1.81. The molecular weight excluding hydrogens is 235 g/mol. The first-order chi connectivity index (χ1) is 8.56. The van der Waals surface area contributed by atoms with E-state index in [2.05, 4.69) is 11.9 Å². The van der Waals surface area contributed by atoms with E-state index in [1.54, 1.807) is 0 Å². The van der Waals surface area contributed by atoms with E-state index in [1.165, 1.54) is 12.3 Å². The Bertz CT molecular complexity index is 464. The van der Waals surface area contributed by atoms with E-state index < -0.39 is 11.8 Å². The number of carbonyl (C=O) groups is 1. The second kappa shape index (κ2) is 4.92. The van der Waals surface area contributed by atoms with Gasteiger partial charge in [0.2, 0.25) is 0 Å². The predicted octanol–water partition coefficient (Wildman–Crippen LogP) is 2.69. The third-order valence-electron chi connectivity index (χ3n) is 3.60. The highest BCUT2D eigenvalue weighted by Crippen LogP contribution is 2.32. The number of carboxylic acid groups (broad SMARTS) is 1. The molecule has 1 N–H and O–H groups in total. The van der Waals surface area contributed by atoms with Crippen molar-refractivity contribution < 1.29 is 14.3 Å². The van der Waals surface area contributed by atoms with Crippen LogP contribution < -0.4 is 4.90 Å². The van der Waals surface area contributed by atoms with Gasteiger partial charge in [0.1, 0.15) is 5.56 Å². The average Bonchev–Trinajstić information content (AvgIpc) is 2.70. The molecule has 1 aliphatic rings. The first kappa shape index (κ1) is 12.8. The Kier molecular flexibility index (Phi) is 3.50. The van der Waals surface area contributed by atoms with Gasteiger partial charge in [0.25, 0.3) is 0 Å². The van der Waals surface area contributed by atoms with Crippen molar-refractivity contribution in [3.8, 4) is 0 Å². The summed E-state index contributed by atoms with van der Waals surface area (Å²) < 4.78 is 14.2. The number of hydrogen-bond donors (Lipinski definition) is 1. The summed E-state index contributed by atoms with van der Waals surface area (Å²) in [6, 6.07) is 1.63. The van der Waals surface area contributed by atoms with Gasteiger partial charge in [-0.15, -0.1) is 0 Å². The number of nitrogens with zero attached hydrogens (tertiary/aromatic N) is 2. The molecule has 2 rings (SSSR count). The van der Waals surface area contributed by atoms with Gasteiger partial charge in [0, 0.05) is 18.3 Å². The number of rotatable bonds is 3. The van der Waals surface area contributed by atoms with E-state index in [-0.39, 0.29) is 23.5 Å². The van der Waals surface area contributed by atoms with Crippen LogP contribution in [0.1, 0.15) is 43.5 Å². The lowest BCUT2D eigenvalue weighted by Crippen LogP contribution is -2.35. The molecule has 5 heteroatoms. The summed E-state index contributed by atoms with van der Waals surface area (Å²) in [4.78, 5) is 16.9. The van der Waals surface area contributed by atoms with Crippen molar-refractivity contribution >= 4 is 11.8 Å². The SMILES string of the molecule is CCC1CCC(C)N1c1nccc(C(=O)O)c1F. The lowest BCUT2D eigenvalue weighted by atomic mass is 10.1. The van der Waals surface area contributed by atoms with Crippen molar-refractivity contribution in [1.29, 1.82) is 0 Å². The van der Waals surface area contributed by atoms with Crippen molar-refractivity contribution in [3.05, 3.63) is 23.6 Å². The number of carboxylic acids is 1. The number of hydrogen-bond acceptors (Lipinski definition) is 3. The molecule has 0 aromatic carbocycles. The maximum Gasteiger partial charge on any atom is 0.338 e. The van der Waals surface area contributed by atoms with Crippen molar-refractivity contribution in [3.63, 3.8) is 0 Å². The molecule has 1 fully saturated rings. The molecule has 1 saturated heterocycles. The quantitative estimate of drug-likeness (QED) is 0.898. The van der Waals surface area contributed by atoms with E-state index in [0.717, 1.165) is 19.3 Å². The van der Waals surface area contributed by atoms with Crippen molar-refractivity contribution in [1.82, 2.24) is 4.98 Å². The molecule has 2 atom stereocenters. The highest BCUT2D eigenvalue weighted by molar-refractivity contribution is 5.88. The van der Waals surface area contributed by atoms with Gasteiger partial charge in [-0.25, -0.2) is 14.2 Å². The maximum absolute atomic E-state index is 14.2. The number of halogens is 1. The minimum absolute atomic E-state index is 0.173. The van der Waals surface area contributed by atoms with E-state index in [4.69, 9.17) is 5.11 Å². The topological polar surface area (TPSA) is 53.4 Å². The second-order valence-corrected chi connectivity index (χ2v) is 4.70. The molecule has 0 radical (unpaired) electrons. The summed E-state index contributed by atoms with van der Waals surface area (Å²) >= 11 is 0. The molecule has 0 aliphatic carbocycles. The summed E-state index contributed by atoms with van der Waals surface area (Å²) in [6.07, 6.45) is 4.25. The molecule has 1 aromatic heterocycles. The zero-order valence-corrected chi connectivity index (χ0v) is 10.6. The van der Waals surface area contributed by atoms with Gasteiger partial charge < -0.3 is 10.0 Å². The van der Waals surface area contributed by atoms with Gasteiger partial charge in [-0.1, -0.05) is 6.92 Å². The van der Waals surface area contributed by atoms with Crippen LogP contribution >= 0.6 is 0 Å². The molecule has 1 aliphatic heterocycles. The Balaban J connectivity index is 2.44. The Morgan fingerprint density at radius 2 is 2.33 bits per heavy atom. The van der Waals surface area contributed by atoms with E-state index in [0.29, 0.717) is 0 Å². The van der Waals surface area contributed by atoms with Gasteiger partial charge >= 0.3 is 5.97 Å². The van der Waals surface area contributed by atoms with Crippen LogP contribution in [0.5, 0.6) is 0 Å². The van der Waals surface area contributed by atoms with E-state index in [9.17, 15) is 9.18 Å². The molecule has 0 saturated carbocycles. The number of anilines is 1. The Hall–Kier alpha value is -1.65. The molecule has 18 heavy (non-hydrogen) atoms. The number of aromatic carboxylic acids is 1. The molecule has 0 amide bonds. The van der Waals surface area contributed by atoms with Crippen LogP contribution in [0.3, 0.4) is 0 Å². The van der Waals surface area contributed by atoms with Crippen molar-refractivity contribution in [2.24, 2.45) is 0 Å². The fourth-order valence-electron chi connectivity index (χ4n) is 2.63. The lowest BCUT2D eigenvalue weighted by Gasteiger charge is -2.29. The standard InChI is InChI=1S/C13H17FN2O2/c1-3-9-5-4-8(2)16(9)12-11(14)10(13(17)18)6-7-15-12/h6-9H,3-5H2,1-2H3,(H,17,18). The maximum atomic E-state index is 14.2. The average molecular weight is 252 g/mol. The van der Waals surface area contributed by atoms with E-state index >= 15 is 0 Å². The van der Waals surface area contributed by atoms with Crippen LogP contribution in [0.25, 0.3) is 0 Å². The molecule has 2 heterocycles. The first-order valence-electron chi connectivity index (χ1n) is 6.22. The predicted molar refractivity (Wildman–Crippen MR) is 66.4 cm³/mol. The third-order valence-corrected chi connectivity index (χ3v) is 3.60. The van der Waals surface area contributed by atoms with Gasteiger partial charge in [-0.05, 0) is 32.3 Å². The van der Waals surface area contributed by atoms with Gasteiger partial charge in [0.15, 0.2) is 11.6 Å². The van der Waals surface area contributed by atoms with Gasteiger partial charge in [-0.3, -0.25) is 0 Å². The first-order valence-corrected chi connectivity index (χ1v) is 6.22. The zero-order chi connectivity index (χ0) is 13.3. The van der Waals surface area contributed by atoms with Crippen LogP contribution in [0.15, 0.2) is 12.3 Å². The van der Waals surface area contributed by atoms with Crippen LogP contribution in [0, 0.1) is 5.82 Å². The van der Waals surface area contributed by atoms with E-state index in [1.807, 2.05) is 11.8 Å². The molecule has 4 nitrogen and oxygen atoms in total. The molecule has 1 aromatic rings. The lowest BCUT2D eigenvalue weighted by molar-refractivity contribution is 0.0691. The number of aromatic nitrogens is 1. The second-order valence-electron chi connectivity index (χ2n) is 4.70. The summed E-state index contributed by atoms with van der Waals surface area (Å²) in [6.45, 7) is 4.07. The summed E-state index contributed by atoms with van der Waals surface area (Å²) in [5.41, 5.74) is -0.311.